The maximum Gasteiger partial charge on any atom is 0.0462 e. The Morgan fingerprint density at radius 1 is 1.19 bits per heavy atom. The van der Waals surface area contributed by atoms with Crippen molar-refractivity contribution < 1.29 is 4.74 Å². The molecule has 0 amide bonds. The van der Waals surface area contributed by atoms with Crippen LogP contribution in [0.1, 0.15) is 36.3 Å². The molecule has 0 spiro atoms. The average molecular weight is 221 g/mol. The Balaban J connectivity index is 2.44. The van der Waals surface area contributed by atoms with Gasteiger partial charge in [0, 0.05) is 13.7 Å². The molecule has 2 N–H and O–H groups in total. The van der Waals surface area contributed by atoms with Crippen LogP contribution in [0, 0.1) is 6.92 Å². The lowest BCUT2D eigenvalue weighted by Crippen LogP contribution is -2.12. The van der Waals surface area contributed by atoms with Gasteiger partial charge in [0.25, 0.3) is 0 Å². The Morgan fingerprint density at radius 2 is 1.88 bits per heavy atom. The summed E-state index contributed by atoms with van der Waals surface area (Å²) in [5, 5.41) is 0. The Morgan fingerprint density at radius 3 is 2.44 bits per heavy atom. The molecule has 1 unspecified atom stereocenters. The van der Waals surface area contributed by atoms with E-state index < -0.39 is 0 Å². The average Bonchev–Trinajstić information content (AvgIpc) is 2.31. The zero-order valence-electron chi connectivity index (χ0n) is 10.4. The molecule has 0 aliphatic carbocycles. The van der Waals surface area contributed by atoms with Crippen molar-refractivity contribution in [1.82, 2.24) is 0 Å². The highest BCUT2D eigenvalue weighted by atomic mass is 16.5. The lowest BCUT2D eigenvalue weighted by Gasteiger charge is -2.15. The van der Waals surface area contributed by atoms with Crippen LogP contribution in [0.15, 0.2) is 24.3 Å². The van der Waals surface area contributed by atoms with Crippen molar-refractivity contribution >= 4 is 0 Å². The number of methoxy groups -OCH3 is 1. The monoisotopic (exact) mass is 221 g/mol. The van der Waals surface area contributed by atoms with Gasteiger partial charge in [-0.15, -0.1) is 0 Å². The predicted octanol–water partition coefficient (Wildman–Crippen LogP) is 2.85. The van der Waals surface area contributed by atoms with Crippen LogP contribution >= 0.6 is 0 Å². The number of unbranched alkanes of at least 4 members (excludes halogenated alkanes) is 1. The number of ether oxygens (including phenoxy) is 1. The van der Waals surface area contributed by atoms with Gasteiger partial charge in [-0.2, -0.15) is 0 Å². The highest BCUT2D eigenvalue weighted by Gasteiger charge is 2.08. The number of hydrogen-bond donors (Lipinski definition) is 1. The van der Waals surface area contributed by atoms with Crippen molar-refractivity contribution in [2.75, 3.05) is 20.3 Å². The minimum Gasteiger partial charge on any atom is -0.385 e. The van der Waals surface area contributed by atoms with Crippen LogP contribution < -0.4 is 5.73 Å². The molecule has 0 bridgehead atoms. The van der Waals surface area contributed by atoms with E-state index in [0.29, 0.717) is 5.92 Å². The second kappa shape index (κ2) is 7.42. The van der Waals surface area contributed by atoms with E-state index in [1.807, 2.05) is 0 Å². The maximum absolute atomic E-state index is 5.83. The van der Waals surface area contributed by atoms with Gasteiger partial charge in [0.15, 0.2) is 0 Å². The van der Waals surface area contributed by atoms with E-state index in [1.54, 1.807) is 7.11 Å². The Bertz CT molecular complexity index is 281. The number of rotatable bonds is 7. The number of nitrogens with two attached hydrogens (primary N) is 1. The van der Waals surface area contributed by atoms with Gasteiger partial charge >= 0.3 is 0 Å². The smallest absolute Gasteiger partial charge is 0.0462 e. The van der Waals surface area contributed by atoms with E-state index in [1.165, 1.54) is 17.5 Å². The second-order valence-corrected chi connectivity index (χ2v) is 4.33. The Hall–Kier alpha value is -0.860. The molecule has 2 nitrogen and oxygen atoms in total. The zero-order chi connectivity index (χ0) is 11.8. The molecule has 1 atom stereocenters. The van der Waals surface area contributed by atoms with Gasteiger partial charge in [0.05, 0.1) is 0 Å². The number of benzene rings is 1. The van der Waals surface area contributed by atoms with Crippen molar-refractivity contribution in [2.24, 2.45) is 5.73 Å². The van der Waals surface area contributed by atoms with Crippen LogP contribution in [0.4, 0.5) is 0 Å². The van der Waals surface area contributed by atoms with Gasteiger partial charge in [0.2, 0.25) is 0 Å². The molecule has 1 rings (SSSR count). The third kappa shape index (κ3) is 4.33. The quantitative estimate of drug-likeness (QED) is 0.719. The van der Waals surface area contributed by atoms with Gasteiger partial charge in [-0.3, -0.25) is 0 Å². The summed E-state index contributed by atoms with van der Waals surface area (Å²) in [6.45, 7) is 3.70. The molecule has 1 aromatic rings. The van der Waals surface area contributed by atoms with E-state index >= 15 is 0 Å². The molecule has 0 saturated heterocycles. The lowest BCUT2D eigenvalue weighted by atomic mass is 9.93. The van der Waals surface area contributed by atoms with Crippen LogP contribution in [0.2, 0.25) is 0 Å². The molecule has 2 heteroatoms. The fraction of sp³-hybridized carbons (Fsp3) is 0.571. The first-order valence-electron chi connectivity index (χ1n) is 6.03. The highest BCUT2D eigenvalue weighted by Crippen LogP contribution is 2.21. The van der Waals surface area contributed by atoms with Gasteiger partial charge in [-0.05, 0) is 37.8 Å². The summed E-state index contributed by atoms with van der Waals surface area (Å²) in [5.74, 6) is 0.498. The first-order chi connectivity index (χ1) is 7.77. The van der Waals surface area contributed by atoms with E-state index in [2.05, 4.69) is 31.2 Å². The standard InChI is InChI=1S/C14H23NO/c1-12-6-8-13(9-7-12)14(11-15)5-3-4-10-16-2/h6-9,14H,3-5,10-11,15H2,1-2H3. The van der Waals surface area contributed by atoms with Crippen LogP contribution in [0.25, 0.3) is 0 Å². The molecule has 1 aromatic carbocycles. The largest absolute Gasteiger partial charge is 0.385 e. The summed E-state index contributed by atoms with van der Waals surface area (Å²) in [6.07, 6.45) is 3.46. The van der Waals surface area contributed by atoms with Gasteiger partial charge in [-0.25, -0.2) is 0 Å². The minimum absolute atomic E-state index is 0.498. The lowest BCUT2D eigenvalue weighted by molar-refractivity contribution is 0.191. The molecule has 0 aliphatic rings. The molecular formula is C14H23NO. The molecule has 16 heavy (non-hydrogen) atoms. The Kier molecular flexibility index (Phi) is 6.12. The SMILES string of the molecule is COCCCCC(CN)c1ccc(C)cc1. The summed E-state index contributed by atoms with van der Waals surface area (Å²) in [4.78, 5) is 0. The van der Waals surface area contributed by atoms with Crippen molar-refractivity contribution in [2.45, 2.75) is 32.1 Å². The van der Waals surface area contributed by atoms with Crippen molar-refractivity contribution in [3.05, 3.63) is 35.4 Å². The van der Waals surface area contributed by atoms with Gasteiger partial charge in [-0.1, -0.05) is 36.2 Å². The highest BCUT2D eigenvalue weighted by molar-refractivity contribution is 5.24. The third-order valence-electron chi connectivity index (χ3n) is 2.98. The summed E-state index contributed by atoms with van der Waals surface area (Å²) >= 11 is 0. The minimum atomic E-state index is 0.498. The summed E-state index contributed by atoms with van der Waals surface area (Å²) in [7, 11) is 1.75. The normalized spacial score (nSPS) is 12.7. The third-order valence-corrected chi connectivity index (χ3v) is 2.98. The fourth-order valence-electron chi connectivity index (χ4n) is 1.90. The molecular weight excluding hydrogens is 198 g/mol. The van der Waals surface area contributed by atoms with Crippen molar-refractivity contribution in [3.8, 4) is 0 Å². The van der Waals surface area contributed by atoms with Crippen molar-refractivity contribution in [3.63, 3.8) is 0 Å². The molecule has 90 valence electrons. The number of hydrogen-bond acceptors (Lipinski definition) is 2. The van der Waals surface area contributed by atoms with E-state index in [-0.39, 0.29) is 0 Å². The number of aryl methyl sites for hydroxylation is 1. The first-order valence-corrected chi connectivity index (χ1v) is 6.03. The van der Waals surface area contributed by atoms with Gasteiger partial charge in [0.1, 0.15) is 0 Å². The molecule has 0 heterocycles. The molecule has 0 aliphatic heterocycles. The zero-order valence-corrected chi connectivity index (χ0v) is 10.4. The van der Waals surface area contributed by atoms with Crippen LogP contribution in [-0.2, 0) is 4.74 Å². The summed E-state index contributed by atoms with van der Waals surface area (Å²) in [6, 6.07) is 8.71. The topological polar surface area (TPSA) is 35.2 Å². The van der Waals surface area contributed by atoms with Crippen LogP contribution in [0.3, 0.4) is 0 Å². The van der Waals surface area contributed by atoms with Crippen LogP contribution in [-0.4, -0.2) is 20.3 Å². The molecule has 0 saturated carbocycles. The van der Waals surface area contributed by atoms with Gasteiger partial charge < -0.3 is 10.5 Å². The van der Waals surface area contributed by atoms with E-state index in [9.17, 15) is 0 Å². The van der Waals surface area contributed by atoms with E-state index in [0.717, 1.165) is 26.0 Å². The van der Waals surface area contributed by atoms with Crippen LogP contribution in [0.5, 0.6) is 0 Å². The maximum atomic E-state index is 5.83. The summed E-state index contributed by atoms with van der Waals surface area (Å²) in [5.41, 5.74) is 8.50. The molecule has 0 fully saturated rings. The Labute approximate surface area is 98.8 Å². The van der Waals surface area contributed by atoms with Crippen molar-refractivity contribution in [1.29, 1.82) is 0 Å². The van der Waals surface area contributed by atoms with E-state index in [4.69, 9.17) is 10.5 Å². The predicted molar refractivity (Wildman–Crippen MR) is 68.7 cm³/mol. The second-order valence-electron chi connectivity index (χ2n) is 4.33. The molecule has 0 radical (unpaired) electrons. The first kappa shape index (κ1) is 13.2. The fourth-order valence-corrected chi connectivity index (χ4v) is 1.90. The summed E-state index contributed by atoms with van der Waals surface area (Å²) < 4.78 is 5.05. The molecule has 0 aromatic heterocycles.